The summed E-state index contributed by atoms with van der Waals surface area (Å²) < 4.78 is 29.1. The minimum atomic E-state index is -3.24. The molecule has 0 bridgehead atoms. The molecule has 0 aliphatic rings. The van der Waals surface area contributed by atoms with E-state index < -0.39 is 14.6 Å². The van der Waals surface area contributed by atoms with Gasteiger partial charge in [-0.3, -0.25) is 0 Å². The van der Waals surface area contributed by atoms with Crippen LogP contribution in [0.2, 0.25) is 0 Å². The number of hydrogen-bond donors (Lipinski definition) is 1. The number of benzene rings is 1. The molecule has 0 spiro atoms. The Bertz CT molecular complexity index is 606. The summed E-state index contributed by atoms with van der Waals surface area (Å²) in [6.07, 6.45) is 1.29. The summed E-state index contributed by atoms with van der Waals surface area (Å²) >= 11 is 0. The number of aryl methyl sites for hydroxylation is 2. The number of nitrogens with one attached hydrogen (secondary N) is 1. The fraction of sp³-hybridized carbons (Fsp3) is 0.625. The summed E-state index contributed by atoms with van der Waals surface area (Å²) in [7, 11) is -1.62. The zero-order chi connectivity index (χ0) is 16.4. The average molecular weight is 313 g/mol. The molecule has 0 amide bonds. The number of hydrogen-bond acceptors (Lipinski definition) is 4. The van der Waals surface area contributed by atoms with Crippen molar-refractivity contribution in [3.63, 3.8) is 0 Å². The molecule has 1 unspecified atom stereocenters. The molecule has 0 aromatic heterocycles. The van der Waals surface area contributed by atoms with Gasteiger partial charge in [-0.25, -0.2) is 8.42 Å². The third-order valence-electron chi connectivity index (χ3n) is 4.06. The van der Waals surface area contributed by atoms with E-state index in [0.717, 1.165) is 22.4 Å². The van der Waals surface area contributed by atoms with Gasteiger partial charge < -0.3 is 10.1 Å². The van der Waals surface area contributed by atoms with Gasteiger partial charge in [-0.15, -0.1) is 0 Å². The van der Waals surface area contributed by atoms with Crippen molar-refractivity contribution in [3.8, 4) is 5.75 Å². The summed E-state index contributed by atoms with van der Waals surface area (Å²) in [5, 5.41) is 3.32. The molecule has 1 rings (SSSR count). The predicted octanol–water partition coefficient (Wildman–Crippen LogP) is 2.79. The zero-order valence-corrected chi connectivity index (χ0v) is 14.9. The minimum absolute atomic E-state index is 0.326. The van der Waals surface area contributed by atoms with Crippen molar-refractivity contribution in [2.24, 2.45) is 0 Å². The second-order valence-electron chi connectivity index (χ2n) is 6.06. The normalized spacial score (nSPS) is 14.0. The van der Waals surface area contributed by atoms with Crippen molar-refractivity contribution >= 4 is 9.84 Å². The standard InChI is InChI=1S/C16H27NO3S/c1-8-17-15(16(4,5)21(7,18)19)14-12(3)9-11(2)10-13(14)20-6/h9-10,15,17H,8H2,1-7H3. The van der Waals surface area contributed by atoms with Gasteiger partial charge in [-0.2, -0.15) is 0 Å². The van der Waals surface area contributed by atoms with Crippen molar-refractivity contribution in [2.75, 3.05) is 19.9 Å². The maximum absolute atomic E-state index is 12.2. The fourth-order valence-corrected chi connectivity index (χ4v) is 3.22. The molecule has 5 heteroatoms. The molecule has 0 fully saturated rings. The van der Waals surface area contributed by atoms with E-state index in [-0.39, 0.29) is 6.04 Å². The largest absolute Gasteiger partial charge is 0.496 e. The number of methoxy groups -OCH3 is 1. The molecule has 120 valence electrons. The van der Waals surface area contributed by atoms with Gasteiger partial charge in [0.25, 0.3) is 0 Å². The Kier molecular flexibility index (Phi) is 5.45. The molecular weight excluding hydrogens is 286 g/mol. The van der Waals surface area contributed by atoms with Crippen LogP contribution in [0.4, 0.5) is 0 Å². The maximum atomic E-state index is 12.2. The topological polar surface area (TPSA) is 55.4 Å². The van der Waals surface area contributed by atoms with Gasteiger partial charge >= 0.3 is 0 Å². The number of rotatable bonds is 6. The Balaban J connectivity index is 3.57. The Morgan fingerprint density at radius 2 is 1.86 bits per heavy atom. The molecule has 0 heterocycles. The van der Waals surface area contributed by atoms with Crippen LogP contribution in [0, 0.1) is 13.8 Å². The van der Waals surface area contributed by atoms with Crippen LogP contribution in [0.5, 0.6) is 5.75 Å². The van der Waals surface area contributed by atoms with Crippen LogP contribution >= 0.6 is 0 Å². The lowest BCUT2D eigenvalue weighted by atomic mass is 9.90. The minimum Gasteiger partial charge on any atom is -0.496 e. The third-order valence-corrected chi connectivity index (χ3v) is 6.21. The molecule has 1 aromatic rings. The predicted molar refractivity (Wildman–Crippen MR) is 87.8 cm³/mol. The Morgan fingerprint density at radius 1 is 1.29 bits per heavy atom. The van der Waals surface area contributed by atoms with E-state index in [1.54, 1.807) is 21.0 Å². The van der Waals surface area contributed by atoms with Crippen LogP contribution < -0.4 is 10.1 Å². The number of ether oxygens (including phenoxy) is 1. The van der Waals surface area contributed by atoms with E-state index in [2.05, 4.69) is 11.4 Å². The van der Waals surface area contributed by atoms with Crippen LogP contribution in [0.3, 0.4) is 0 Å². The third kappa shape index (κ3) is 3.58. The average Bonchev–Trinajstić information content (AvgIpc) is 2.34. The molecule has 0 saturated carbocycles. The highest BCUT2D eigenvalue weighted by Gasteiger charge is 2.41. The van der Waals surface area contributed by atoms with Gasteiger partial charge in [0.05, 0.1) is 17.9 Å². The van der Waals surface area contributed by atoms with E-state index in [4.69, 9.17) is 4.74 Å². The van der Waals surface area contributed by atoms with E-state index in [1.807, 2.05) is 26.8 Å². The molecule has 1 N–H and O–H groups in total. The monoisotopic (exact) mass is 313 g/mol. The van der Waals surface area contributed by atoms with E-state index >= 15 is 0 Å². The van der Waals surface area contributed by atoms with Crippen molar-refractivity contribution in [1.82, 2.24) is 5.32 Å². The molecular formula is C16H27NO3S. The van der Waals surface area contributed by atoms with Crippen LogP contribution in [-0.4, -0.2) is 33.1 Å². The van der Waals surface area contributed by atoms with Crippen molar-refractivity contribution in [2.45, 2.75) is 45.4 Å². The summed E-state index contributed by atoms with van der Waals surface area (Å²) in [5.41, 5.74) is 3.05. The summed E-state index contributed by atoms with van der Waals surface area (Å²) in [4.78, 5) is 0. The SMILES string of the molecule is CCNC(c1c(C)cc(C)cc1OC)C(C)(C)S(C)(=O)=O. The Labute approximate surface area is 128 Å². The fourth-order valence-electron chi connectivity index (χ4n) is 2.59. The van der Waals surface area contributed by atoms with Crippen molar-refractivity contribution in [3.05, 3.63) is 28.8 Å². The lowest BCUT2D eigenvalue weighted by molar-refractivity contribution is 0.378. The summed E-state index contributed by atoms with van der Waals surface area (Å²) in [6, 6.07) is 3.68. The van der Waals surface area contributed by atoms with Crippen molar-refractivity contribution in [1.29, 1.82) is 0 Å². The first-order valence-electron chi connectivity index (χ1n) is 7.14. The molecule has 1 aromatic carbocycles. The molecule has 21 heavy (non-hydrogen) atoms. The van der Waals surface area contributed by atoms with Crippen molar-refractivity contribution < 1.29 is 13.2 Å². The van der Waals surface area contributed by atoms with Crippen LogP contribution in [-0.2, 0) is 9.84 Å². The molecule has 0 aliphatic carbocycles. The molecule has 4 nitrogen and oxygen atoms in total. The van der Waals surface area contributed by atoms with Gasteiger partial charge in [0.15, 0.2) is 9.84 Å². The first kappa shape index (κ1) is 18.0. The van der Waals surface area contributed by atoms with E-state index in [9.17, 15) is 8.42 Å². The summed E-state index contributed by atoms with van der Waals surface area (Å²) in [5.74, 6) is 0.732. The second-order valence-corrected chi connectivity index (χ2v) is 8.66. The zero-order valence-electron chi connectivity index (χ0n) is 14.1. The Morgan fingerprint density at radius 3 is 2.29 bits per heavy atom. The van der Waals surface area contributed by atoms with E-state index in [1.165, 1.54) is 6.26 Å². The van der Waals surface area contributed by atoms with E-state index in [0.29, 0.717) is 6.54 Å². The maximum Gasteiger partial charge on any atom is 0.154 e. The Hall–Kier alpha value is -1.07. The smallest absolute Gasteiger partial charge is 0.154 e. The van der Waals surface area contributed by atoms with Gasteiger partial charge in [-0.1, -0.05) is 13.0 Å². The van der Waals surface area contributed by atoms with Gasteiger partial charge in [-0.05, 0) is 51.4 Å². The number of sulfone groups is 1. The molecule has 0 aliphatic heterocycles. The van der Waals surface area contributed by atoms with Gasteiger partial charge in [0.2, 0.25) is 0 Å². The summed E-state index contributed by atoms with van der Waals surface area (Å²) in [6.45, 7) is 10.2. The molecule has 0 saturated heterocycles. The lowest BCUT2D eigenvalue weighted by Crippen LogP contribution is -2.45. The van der Waals surface area contributed by atoms with Gasteiger partial charge in [0.1, 0.15) is 5.75 Å². The highest BCUT2D eigenvalue weighted by Crippen LogP contribution is 2.39. The molecule has 1 atom stereocenters. The van der Waals surface area contributed by atoms with Gasteiger partial charge in [0, 0.05) is 11.8 Å². The first-order chi connectivity index (χ1) is 9.56. The molecule has 0 radical (unpaired) electrons. The second kappa shape index (κ2) is 6.36. The van der Waals surface area contributed by atoms with Crippen LogP contribution in [0.15, 0.2) is 12.1 Å². The van der Waals surface area contributed by atoms with Crippen LogP contribution in [0.25, 0.3) is 0 Å². The lowest BCUT2D eigenvalue weighted by Gasteiger charge is -2.35. The van der Waals surface area contributed by atoms with Crippen LogP contribution in [0.1, 0.15) is 43.5 Å². The highest BCUT2D eigenvalue weighted by atomic mass is 32.2. The highest BCUT2D eigenvalue weighted by molar-refractivity contribution is 7.92. The quantitative estimate of drug-likeness (QED) is 0.877. The first-order valence-corrected chi connectivity index (χ1v) is 9.03.